The largest absolute Gasteiger partial charge is 0.481 e. The minimum Gasteiger partial charge on any atom is -0.481 e. The van der Waals surface area contributed by atoms with Crippen LogP contribution in [0.25, 0.3) is 22.4 Å². The molecule has 0 bridgehead atoms. The molecular formula is C35H33ClF3N5O4. The van der Waals surface area contributed by atoms with Gasteiger partial charge in [0.2, 0.25) is 17.7 Å². The van der Waals surface area contributed by atoms with E-state index in [1.807, 2.05) is 48.5 Å². The number of ether oxygens (including phenoxy) is 2. The average molecular weight is 680 g/mol. The second-order valence-electron chi connectivity index (χ2n) is 11.8. The predicted molar refractivity (Wildman–Crippen MR) is 174 cm³/mol. The molecule has 2 aromatic heterocycles. The number of fused-ring (bicyclic) bond motifs is 1. The SMILES string of the molecule is COc1nc(-c2cccc(-c3cccc4c3CC[C@@H]4Nc3nc(OC)c(C=O)nc3C(F)(F)F)c2Cl)ccc1CCC[C@@H]1CCC(=O)N1. The van der Waals surface area contributed by atoms with Crippen LogP contribution in [0.15, 0.2) is 48.5 Å². The summed E-state index contributed by atoms with van der Waals surface area (Å²) in [6.07, 6.45) is 0.380. The number of aldehydes is 1. The summed E-state index contributed by atoms with van der Waals surface area (Å²) < 4.78 is 52.5. The summed E-state index contributed by atoms with van der Waals surface area (Å²) in [6, 6.07) is 15.0. The first kappa shape index (κ1) is 33.2. The number of carbonyl (C=O) groups excluding carboxylic acids is 2. The Hall–Kier alpha value is -4.71. The molecule has 4 aromatic rings. The Morgan fingerprint density at radius 3 is 2.42 bits per heavy atom. The van der Waals surface area contributed by atoms with Gasteiger partial charge in [-0.05, 0) is 61.3 Å². The molecule has 0 unspecified atom stereocenters. The van der Waals surface area contributed by atoms with Gasteiger partial charge in [-0.1, -0.05) is 54.1 Å². The third-order valence-electron chi connectivity index (χ3n) is 8.83. The monoisotopic (exact) mass is 679 g/mol. The van der Waals surface area contributed by atoms with E-state index in [4.69, 9.17) is 26.1 Å². The van der Waals surface area contributed by atoms with E-state index < -0.39 is 29.4 Å². The third kappa shape index (κ3) is 6.66. The van der Waals surface area contributed by atoms with E-state index in [0.717, 1.165) is 53.5 Å². The molecule has 0 spiro atoms. The number of rotatable bonds is 11. The van der Waals surface area contributed by atoms with Gasteiger partial charge in [0.15, 0.2) is 23.5 Å². The maximum Gasteiger partial charge on any atom is 0.437 e. The number of amides is 1. The van der Waals surface area contributed by atoms with Crippen LogP contribution in [0.1, 0.15) is 71.0 Å². The molecule has 48 heavy (non-hydrogen) atoms. The van der Waals surface area contributed by atoms with E-state index in [1.165, 1.54) is 7.11 Å². The first-order valence-electron chi connectivity index (χ1n) is 15.6. The summed E-state index contributed by atoms with van der Waals surface area (Å²) in [5, 5.41) is 6.40. The number of halogens is 4. The molecule has 1 aliphatic carbocycles. The number of aryl methyl sites for hydroxylation is 1. The van der Waals surface area contributed by atoms with E-state index in [-0.39, 0.29) is 24.1 Å². The van der Waals surface area contributed by atoms with Crippen molar-refractivity contribution < 1.29 is 32.2 Å². The minimum absolute atomic E-state index is 0.109. The number of methoxy groups -OCH3 is 2. The molecule has 6 rings (SSSR count). The molecule has 1 aliphatic heterocycles. The van der Waals surface area contributed by atoms with Gasteiger partial charge < -0.3 is 20.1 Å². The quantitative estimate of drug-likeness (QED) is 0.158. The van der Waals surface area contributed by atoms with Crippen LogP contribution in [0.5, 0.6) is 11.8 Å². The number of aromatic nitrogens is 3. The molecule has 2 atom stereocenters. The molecule has 250 valence electrons. The second-order valence-corrected chi connectivity index (χ2v) is 12.1. The number of pyridine rings is 1. The number of carbonyl (C=O) groups is 2. The van der Waals surface area contributed by atoms with Crippen LogP contribution in [0.3, 0.4) is 0 Å². The highest BCUT2D eigenvalue weighted by Crippen LogP contribution is 2.44. The lowest BCUT2D eigenvalue weighted by atomic mass is 9.94. The van der Waals surface area contributed by atoms with Gasteiger partial charge in [-0.15, -0.1) is 0 Å². The highest BCUT2D eigenvalue weighted by molar-refractivity contribution is 6.36. The number of nitrogens with zero attached hydrogens (tertiary/aromatic N) is 3. The van der Waals surface area contributed by atoms with Gasteiger partial charge >= 0.3 is 6.18 Å². The number of hydrogen-bond donors (Lipinski definition) is 2. The summed E-state index contributed by atoms with van der Waals surface area (Å²) in [5.74, 6) is -0.189. The van der Waals surface area contributed by atoms with E-state index in [0.29, 0.717) is 41.4 Å². The summed E-state index contributed by atoms with van der Waals surface area (Å²) >= 11 is 7.07. The Morgan fingerprint density at radius 2 is 1.71 bits per heavy atom. The summed E-state index contributed by atoms with van der Waals surface area (Å²) in [7, 11) is 2.79. The average Bonchev–Trinajstić information content (AvgIpc) is 3.69. The predicted octanol–water partition coefficient (Wildman–Crippen LogP) is 7.41. The van der Waals surface area contributed by atoms with Gasteiger partial charge in [0, 0.05) is 29.2 Å². The standard InChI is InChI=1S/C35H33ClF3N5O4/c1-47-33-19(6-3-7-20-13-17-29(46)40-20)12-15-27(43-33)25-11-5-10-24(30(25)36)21-8-4-9-23-22(21)14-16-26(23)42-32-31(35(37,38)39)41-28(18-45)34(44-32)48-2/h4-5,8-12,15,18,20,26H,3,6-7,13-14,16-17H2,1-2H3,(H,40,46)(H,42,44)/t20-,26+/m1/s1. The van der Waals surface area contributed by atoms with E-state index >= 15 is 0 Å². The van der Waals surface area contributed by atoms with Crippen LogP contribution in [-0.2, 0) is 23.8 Å². The van der Waals surface area contributed by atoms with Gasteiger partial charge in [0.25, 0.3) is 0 Å². The number of benzene rings is 2. The Labute approximate surface area is 280 Å². The smallest absolute Gasteiger partial charge is 0.437 e. The van der Waals surface area contributed by atoms with Crippen LogP contribution in [0.4, 0.5) is 19.0 Å². The zero-order valence-electron chi connectivity index (χ0n) is 26.3. The molecule has 2 N–H and O–H groups in total. The normalized spacial score (nSPS) is 17.2. The van der Waals surface area contributed by atoms with Gasteiger partial charge in [0.1, 0.15) is 0 Å². The molecule has 0 saturated carbocycles. The molecule has 1 amide bonds. The van der Waals surface area contributed by atoms with Gasteiger partial charge in [-0.25, -0.2) is 9.97 Å². The van der Waals surface area contributed by atoms with Crippen molar-refractivity contribution in [2.45, 2.75) is 63.2 Å². The summed E-state index contributed by atoms with van der Waals surface area (Å²) in [5.41, 5.74) is 3.89. The lowest BCUT2D eigenvalue weighted by molar-refractivity contribution is -0.140. The second kappa shape index (κ2) is 13.8. The molecule has 2 aliphatic rings. The van der Waals surface area contributed by atoms with Crippen molar-refractivity contribution in [3.63, 3.8) is 0 Å². The maximum absolute atomic E-state index is 13.9. The minimum atomic E-state index is -4.85. The van der Waals surface area contributed by atoms with Crippen molar-refractivity contribution in [2.24, 2.45) is 0 Å². The highest BCUT2D eigenvalue weighted by Gasteiger charge is 2.39. The first-order valence-corrected chi connectivity index (χ1v) is 16.0. The molecular weight excluding hydrogens is 647 g/mol. The van der Waals surface area contributed by atoms with Gasteiger partial charge in [0.05, 0.1) is 31.0 Å². The van der Waals surface area contributed by atoms with E-state index in [9.17, 15) is 22.8 Å². The van der Waals surface area contributed by atoms with E-state index in [2.05, 4.69) is 20.6 Å². The lowest BCUT2D eigenvalue weighted by Crippen LogP contribution is -2.25. The van der Waals surface area contributed by atoms with Crippen LogP contribution in [-0.4, -0.2) is 47.4 Å². The molecule has 9 nitrogen and oxygen atoms in total. The van der Waals surface area contributed by atoms with Crippen molar-refractivity contribution in [2.75, 3.05) is 19.5 Å². The first-order chi connectivity index (χ1) is 23.1. The molecule has 13 heteroatoms. The molecule has 1 fully saturated rings. The molecule has 0 radical (unpaired) electrons. The number of anilines is 1. The zero-order valence-corrected chi connectivity index (χ0v) is 27.0. The van der Waals surface area contributed by atoms with Crippen molar-refractivity contribution in [3.8, 4) is 34.1 Å². The van der Waals surface area contributed by atoms with Crippen LogP contribution in [0, 0.1) is 0 Å². The maximum atomic E-state index is 13.9. The van der Waals surface area contributed by atoms with Crippen molar-refractivity contribution in [1.82, 2.24) is 20.3 Å². The third-order valence-corrected chi connectivity index (χ3v) is 9.23. The fraction of sp³-hybridized carbons (Fsp3) is 0.343. The number of nitrogens with one attached hydrogen (secondary N) is 2. The summed E-state index contributed by atoms with van der Waals surface area (Å²) in [4.78, 5) is 35.1. The number of alkyl halides is 3. The number of hydrogen-bond acceptors (Lipinski definition) is 8. The topological polar surface area (TPSA) is 115 Å². The Bertz CT molecular complexity index is 1870. The zero-order chi connectivity index (χ0) is 34.0. The molecule has 1 saturated heterocycles. The molecule has 2 aromatic carbocycles. The van der Waals surface area contributed by atoms with Crippen LogP contribution >= 0.6 is 11.6 Å². The van der Waals surface area contributed by atoms with Gasteiger partial charge in [-0.2, -0.15) is 18.2 Å². The van der Waals surface area contributed by atoms with Crippen molar-refractivity contribution in [3.05, 3.63) is 81.6 Å². The van der Waals surface area contributed by atoms with Crippen LogP contribution in [0.2, 0.25) is 5.02 Å². The van der Waals surface area contributed by atoms with Crippen LogP contribution < -0.4 is 20.1 Å². The van der Waals surface area contributed by atoms with Crippen molar-refractivity contribution in [1.29, 1.82) is 0 Å². The summed E-state index contributed by atoms with van der Waals surface area (Å²) in [6.45, 7) is 0. The van der Waals surface area contributed by atoms with E-state index in [1.54, 1.807) is 7.11 Å². The molecule has 3 heterocycles. The lowest BCUT2D eigenvalue weighted by Gasteiger charge is -2.20. The highest BCUT2D eigenvalue weighted by atomic mass is 35.5. The Balaban J connectivity index is 1.27. The fourth-order valence-electron chi connectivity index (χ4n) is 6.54. The Kier molecular flexibility index (Phi) is 9.54. The van der Waals surface area contributed by atoms with Crippen molar-refractivity contribution >= 4 is 29.6 Å². The van der Waals surface area contributed by atoms with Gasteiger partial charge in [-0.3, -0.25) is 9.59 Å². The Morgan fingerprint density at radius 1 is 0.958 bits per heavy atom. The fourth-order valence-corrected chi connectivity index (χ4v) is 6.86.